The van der Waals surface area contributed by atoms with Crippen molar-refractivity contribution in [2.45, 2.75) is 38.6 Å². The van der Waals surface area contributed by atoms with E-state index in [0.717, 1.165) is 41.5 Å². The van der Waals surface area contributed by atoms with Crippen LogP contribution in [0.3, 0.4) is 0 Å². The van der Waals surface area contributed by atoms with E-state index in [0.29, 0.717) is 23.5 Å². The van der Waals surface area contributed by atoms with Gasteiger partial charge in [-0.05, 0) is 42.9 Å². The van der Waals surface area contributed by atoms with Gasteiger partial charge in [-0.3, -0.25) is 4.57 Å². The molecule has 0 amide bonds. The number of rotatable bonds is 4. The zero-order chi connectivity index (χ0) is 21.7. The van der Waals surface area contributed by atoms with Crippen molar-refractivity contribution >= 4 is 27.2 Å². The van der Waals surface area contributed by atoms with Gasteiger partial charge < -0.3 is 0 Å². The Labute approximate surface area is 187 Å². The van der Waals surface area contributed by atoms with E-state index in [-0.39, 0.29) is 18.1 Å². The molecule has 160 valence electrons. The lowest BCUT2D eigenvalue weighted by Crippen LogP contribution is -2.28. The van der Waals surface area contributed by atoms with Gasteiger partial charge in [0.15, 0.2) is 11.5 Å². The van der Waals surface area contributed by atoms with Gasteiger partial charge in [0.1, 0.15) is 10.6 Å². The summed E-state index contributed by atoms with van der Waals surface area (Å²) in [4.78, 5) is 20.5. The van der Waals surface area contributed by atoms with Gasteiger partial charge in [-0.1, -0.05) is 48.5 Å². The standard InChI is InChI=1S/C25H21FN4OS/c26-19-12-6-4-10-17(19)15-29-24-22(18-11-5-7-13-20(18)32-24)23-27-21(28-30(23)25(29)31)14-16-8-2-1-3-9-16/h1-4,6,8-10,12H,5,7,11,13-15H2. The highest BCUT2D eigenvalue weighted by atomic mass is 32.1. The van der Waals surface area contributed by atoms with Crippen LogP contribution in [-0.2, 0) is 25.8 Å². The highest BCUT2D eigenvalue weighted by molar-refractivity contribution is 7.19. The maximum atomic E-state index is 14.4. The first kappa shape index (κ1) is 19.4. The summed E-state index contributed by atoms with van der Waals surface area (Å²) in [5.74, 6) is 0.311. The molecule has 0 spiro atoms. The Hall–Kier alpha value is -3.32. The average Bonchev–Trinajstić information content (AvgIpc) is 3.40. The normalized spacial score (nSPS) is 13.7. The Morgan fingerprint density at radius 3 is 2.62 bits per heavy atom. The molecule has 0 radical (unpaired) electrons. The minimum absolute atomic E-state index is 0.172. The van der Waals surface area contributed by atoms with Crippen LogP contribution in [0.15, 0.2) is 59.4 Å². The molecule has 0 N–H and O–H groups in total. The molecule has 5 aromatic rings. The fourth-order valence-corrected chi connectivity index (χ4v) is 5.99. The fourth-order valence-electron chi connectivity index (χ4n) is 4.61. The van der Waals surface area contributed by atoms with Crippen LogP contribution in [0.1, 0.15) is 40.2 Å². The number of hydrogen-bond donors (Lipinski definition) is 0. The lowest BCUT2D eigenvalue weighted by molar-refractivity contribution is 0.595. The smallest absolute Gasteiger partial charge is 0.278 e. The predicted molar refractivity (Wildman–Crippen MR) is 124 cm³/mol. The molecule has 0 atom stereocenters. The highest BCUT2D eigenvalue weighted by Gasteiger charge is 2.24. The van der Waals surface area contributed by atoms with Crippen molar-refractivity contribution in [3.63, 3.8) is 0 Å². The Kier molecular flexibility index (Phi) is 4.64. The SMILES string of the molecule is O=c1n(Cc2ccccc2F)c2sc3c(c2c2nc(Cc4ccccc4)nn12)CCCC3. The highest BCUT2D eigenvalue weighted by Crippen LogP contribution is 2.37. The Morgan fingerprint density at radius 1 is 1.00 bits per heavy atom. The largest absolute Gasteiger partial charge is 0.352 e. The van der Waals surface area contributed by atoms with Gasteiger partial charge in [0.05, 0.1) is 11.9 Å². The molecule has 7 heteroatoms. The molecule has 1 aliphatic carbocycles. The van der Waals surface area contributed by atoms with E-state index in [1.807, 2.05) is 30.3 Å². The molecule has 0 fully saturated rings. The lowest BCUT2D eigenvalue weighted by atomic mass is 9.97. The third-order valence-electron chi connectivity index (χ3n) is 6.18. The van der Waals surface area contributed by atoms with Crippen LogP contribution in [0, 0.1) is 5.82 Å². The topological polar surface area (TPSA) is 52.2 Å². The summed E-state index contributed by atoms with van der Waals surface area (Å²) >= 11 is 1.65. The van der Waals surface area contributed by atoms with Crippen LogP contribution in [0.4, 0.5) is 4.39 Å². The van der Waals surface area contributed by atoms with E-state index in [9.17, 15) is 9.18 Å². The van der Waals surface area contributed by atoms with Gasteiger partial charge in [0.25, 0.3) is 0 Å². The molecule has 0 unspecified atom stereocenters. The molecule has 5 nitrogen and oxygen atoms in total. The van der Waals surface area contributed by atoms with Crippen LogP contribution < -0.4 is 5.69 Å². The summed E-state index contributed by atoms with van der Waals surface area (Å²) in [5, 5.41) is 5.60. The molecule has 0 saturated carbocycles. The summed E-state index contributed by atoms with van der Waals surface area (Å²) in [5.41, 5.74) is 3.22. The molecule has 0 aliphatic heterocycles. The second kappa shape index (κ2) is 7.67. The second-order valence-corrected chi connectivity index (χ2v) is 9.36. The third-order valence-corrected chi connectivity index (χ3v) is 7.49. The molecular weight excluding hydrogens is 423 g/mol. The van der Waals surface area contributed by atoms with Crippen LogP contribution in [0.5, 0.6) is 0 Å². The van der Waals surface area contributed by atoms with Gasteiger partial charge in [0.2, 0.25) is 0 Å². The molecule has 32 heavy (non-hydrogen) atoms. The maximum absolute atomic E-state index is 14.4. The van der Waals surface area contributed by atoms with Crippen LogP contribution in [0.2, 0.25) is 0 Å². The van der Waals surface area contributed by atoms with Gasteiger partial charge in [-0.2, -0.15) is 4.52 Å². The first-order valence-corrected chi connectivity index (χ1v) is 11.7. The zero-order valence-corrected chi connectivity index (χ0v) is 18.2. The minimum Gasteiger partial charge on any atom is -0.278 e. The van der Waals surface area contributed by atoms with E-state index < -0.39 is 0 Å². The Balaban J connectivity index is 1.59. The monoisotopic (exact) mass is 444 g/mol. The molecule has 0 saturated heterocycles. The van der Waals surface area contributed by atoms with Crippen LogP contribution in [-0.4, -0.2) is 19.2 Å². The van der Waals surface area contributed by atoms with Crippen molar-refractivity contribution in [1.29, 1.82) is 0 Å². The number of nitrogens with zero attached hydrogens (tertiary/aromatic N) is 4. The lowest BCUT2D eigenvalue weighted by Gasteiger charge is -2.11. The summed E-state index contributed by atoms with van der Waals surface area (Å²) < 4.78 is 17.5. The summed E-state index contributed by atoms with van der Waals surface area (Å²) in [6.45, 7) is 0.172. The molecule has 3 aromatic heterocycles. The van der Waals surface area contributed by atoms with E-state index in [1.54, 1.807) is 34.1 Å². The molecular formula is C25H21FN4OS. The van der Waals surface area contributed by atoms with Gasteiger partial charge in [-0.25, -0.2) is 14.2 Å². The van der Waals surface area contributed by atoms with Gasteiger partial charge in [-0.15, -0.1) is 16.4 Å². The van der Waals surface area contributed by atoms with Crippen molar-refractivity contribution in [1.82, 2.24) is 19.2 Å². The van der Waals surface area contributed by atoms with E-state index >= 15 is 0 Å². The van der Waals surface area contributed by atoms with Crippen LogP contribution in [0.25, 0.3) is 15.9 Å². The number of aryl methyl sites for hydroxylation is 2. The predicted octanol–water partition coefficient (Wildman–Crippen LogP) is 4.76. The van der Waals surface area contributed by atoms with E-state index in [1.165, 1.54) is 21.0 Å². The second-order valence-electron chi connectivity index (χ2n) is 8.28. The van der Waals surface area contributed by atoms with Gasteiger partial charge in [0, 0.05) is 16.9 Å². The molecule has 2 aromatic carbocycles. The maximum Gasteiger partial charge on any atom is 0.352 e. The Bertz CT molecular complexity index is 1520. The molecule has 6 rings (SSSR count). The summed E-state index contributed by atoms with van der Waals surface area (Å²) in [6, 6.07) is 16.6. The number of hydrogen-bond acceptors (Lipinski definition) is 4. The molecule has 0 bridgehead atoms. The third kappa shape index (κ3) is 3.15. The van der Waals surface area contributed by atoms with Crippen LogP contribution >= 0.6 is 11.3 Å². The minimum atomic E-state index is -0.308. The van der Waals surface area contributed by atoms with Crippen molar-refractivity contribution < 1.29 is 4.39 Å². The van der Waals surface area contributed by atoms with E-state index in [2.05, 4.69) is 5.10 Å². The van der Waals surface area contributed by atoms with Crippen molar-refractivity contribution in [2.24, 2.45) is 0 Å². The van der Waals surface area contributed by atoms with E-state index in [4.69, 9.17) is 4.98 Å². The number of halogens is 1. The number of benzene rings is 2. The number of aromatic nitrogens is 4. The Morgan fingerprint density at radius 2 is 1.78 bits per heavy atom. The van der Waals surface area contributed by atoms with Gasteiger partial charge >= 0.3 is 5.69 Å². The quantitative estimate of drug-likeness (QED) is 0.402. The first-order valence-electron chi connectivity index (χ1n) is 10.9. The van der Waals surface area contributed by atoms with Crippen molar-refractivity contribution in [2.75, 3.05) is 0 Å². The summed E-state index contributed by atoms with van der Waals surface area (Å²) in [6.07, 6.45) is 4.83. The average molecular weight is 445 g/mol. The molecule has 1 aliphatic rings. The first-order chi connectivity index (χ1) is 15.7. The summed E-state index contributed by atoms with van der Waals surface area (Å²) in [7, 11) is 0. The number of fused-ring (bicyclic) bond motifs is 5. The zero-order valence-electron chi connectivity index (χ0n) is 17.4. The van der Waals surface area contributed by atoms with Crippen molar-refractivity contribution in [3.8, 4) is 0 Å². The molecule has 3 heterocycles. The number of thiophene rings is 1. The fraction of sp³-hybridized carbons (Fsp3) is 0.240. The van der Waals surface area contributed by atoms with Crippen molar-refractivity contribution in [3.05, 3.63) is 98.3 Å².